The SMILES string of the molecule is Cc1c(C(F)(F)F)cc(Cl)c(Cl)c1N1C(N)=NC(N)=NC12CCCCC2. The van der Waals surface area contributed by atoms with Crippen molar-refractivity contribution in [1.82, 2.24) is 0 Å². The van der Waals surface area contributed by atoms with Gasteiger partial charge in [0.15, 0.2) is 0 Å². The van der Waals surface area contributed by atoms with E-state index >= 15 is 0 Å². The highest BCUT2D eigenvalue weighted by atomic mass is 35.5. The van der Waals surface area contributed by atoms with E-state index in [0.717, 1.165) is 25.3 Å². The Labute approximate surface area is 158 Å². The molecule has 2 aliphatic rings. The highest BCUT2D eigenvalue weighted by Crippen LogP contribution is 2.48. The van der Waals surface area contributed by atoms with Crippen LogP contribution in [0.2, 0.25) is 10.0 Å². The monoisotopic (exact) mass is 407 g/mol. The Balaban J connectivity index is 2.27. The largest absolute Gasteiger partial charge is 0.416 e. The summed E-state index contributed by atoms with van der Waals surface area (Å²) in [5, 5.41) is -0.225. The summed E-state index contributed by atoms with van der Waals surface area (Å²) in [6, 6.07) is 0.825. The molecule has 0 unspecified atom stereocenters. The summed E-state index contributed by atoms with van der Waals surface area (Å²) in [4.78, 5) is 9.89. The van der Waals surface area contributed by atoms with E-state index in [1.165, 1.54) is 11.8 Å². The van der Waals surface area contributed by atoms with Gasteiger partial charge in [-0.25, -0.2) is 4.99 Å². The Kier molecular flexibility index (Phi) is 4.77. The van der Waals surface area contributed by atoms with Gasteiger partial charge in [0.05, 0.1) is 21.3 Å². The standard InChI is InChI=1S/C16H18Cl2F3N5/c1-8-9(16(19,20)21)7-10(17)11(18)12(8)26-14(23)24-13(22)25-15(26)5-3-2-4-6-15/h7H,2-6H2,1H3,(H4,22,23,24,25). The van der Waals surface area contributed by atoms with Crippen molar-refractivity contribution in [2.24, 2.45) is 21.5 Å². The van der Waals surface area contributed by atoms with Crippen LogP contribution in [0, 0.1) is 6.92 Å². The third-order valence-electron chi connectivity index (χ3n) is 4.83. The summed E-state index contributed by atoms with van der Waals surface area (Å²) in [6.07, 6.45) is -0.760. The lowest BCUT2D eigenvalue weighted by Crippen LogP contribution is -2.58. The zero-order chi connectivity index (χ0) is 19.3. The van der Waals surface area contributed by atoms with Crippen LogP contribution in [0.3, 0.4) is 0 Å². The zero-order valence-electron chi connectivity index (χ0n) is 14.0. The van der Waals surface area contributed by atoms with Crippen molar-refractivity contribution in [2.75, 3.05) is 4.90 Å². The molecule has 1 aromatic carbocycles. The van der Waals surface area contributed by atoms with Gasteiger partial charge in [-0.05, 0) is 44.2 Å². The van der Waals surface area contributed by atoms with Crippen LogP contribution in [0.1, 0.15) is 43.2 Å². The van der Waals surface area contributed by atoms with E-state index < -0.39 is 17.4 Å². The first-order valence-corrected chi connectivity index (χ1v) is 8.88. The number of halogens is 5. The van der Waals surface area contributed by atoms with Gasteiger partial charge >= 0.3 is 6.18 Å². The fourth-order valence-electron chi connectivity index (χ4n) is 3.71. The van der Waals surface area contributed by atoms with Gasteiger partial charge in [-0.1, -0.05) is 29.6 Å². The first-order valence-electron chi connectivity index (χ1n) is 8.12. The molecule has 1 fully saturated rings. The van der Waals surface area contributed by atoms with Gasteiger partial charge in [-0.3, -0.25) is 4.90 Å². The predicted molar refractivity (Wildman–Crippen MR) is 97.7 cm³/mol. The summed E-state index contributed by atoms with van der Waals surface area (Å²) in [7, 11) is 0. The molecule has 4 N–H and O–H groups in total. The highest BCUT2D eigenvalue weighted by Gasteiger charge is 2.45. The van der Waals surface area contributed by atoms with Crippen molar-refractivity contribution in [1.29, 1.82) is 0 Å². The number of hydrogen-bond acceptors (Lipinski definition) is 5. The second-order valence-corrected chi connectivity index (χ2v) is 7.29. The number of alkyl halides is 3. The van der Waals surface area contributed by atoms with Crippen molar-refractivity contribution in [2.45, 2.75) is 50.9 Å². The molecule has 1 aliphatic carbocycles. The molecule has 0 bridgehead atoms. The molecule has 3 rings (SSSR count). The van der Waals surface area contributed by atoms with Crippen LogP contribution < -0.4 is 16.4 Å². The van der Waals surface area contributed by atoms with Gasteiger partial charge < -0.3 is 11.5 Å². The van der Waals surface area contributed by atoms with Crippen molar-refractivity contribution in [3.63, 3.8) is 0 Å². The predicted octanol–water partition coefficient (Wildman–Crippen LogP) is 4.43. The minimum absolute atomic E-state index is 0.00694. The fourth-order valence-corrected chi connectivity index (χ4v) is 4.19. The average Bonchev–Trinajstić information content (AvgIpc) is 2.53. The molecular formula is C16H18Cl2F3N5. The Bertz CT molecular complexity index is 798. The third kappa shape index (κ3) is 3.09. The van der Waals surface area contributed by atoms with Gasteiger partial charge in [0.2, 0.25) is 11.9 Å². The van der Waals surface area contributed by atoms with Crippen LogP contribution in [0.25, 0.3) is 0 Å². The van der Waals surface area contributed by atoms with Crippen molar-refractivity contribution in [3.8, 4) is 0 Å². The molecular weight excluding hydrogens is 390 g/mol. The van der Waals surface area contributed by atoms with Gasteiger partial charge in [0.1, 0.15) is 5.66 Å². The maximum absolute atomic E-state index is 13.5. The molecule has 1 aliphatic heterocycles. The minimum atomic E-state index is -4.59. The fraction of sp³-hybridized carbons (Fsp3) is 0.500. The summed E-state index contributed by atoms with van der Waals surface area (Å²) < 4.78 is 40.4. The lowest BCUT2D eigenvalue weighted by Gasteiger charge is -2.46. The molecule has 5 nitrogen and oxygen atoms in total. The molecule has 26 heavy (non-hydrogen) atoms. The van der Waals surface area contributed by atoms with Crippen molar-refractivity contribution < 1.29 is 13.2 Å². The molecule has 1 aromatic rings. The average molecular weight is 408 g/mol. The molecule has 0 atom stereocenters. The molecule has 0 amide bonds. The van der Waals surface area contributed by atoms with E-state index in [1.807, 2.05) is 0 Å². The number of nitrogens with zero attached hydrogens (tertiary/aromatic N) is 3. The lowest BCUT2D eigenvalue weighted by molar-refractivity contribution is -0.138. The topological polar surface area (TPSA) is 80.0 Å². The van der Waals surface area contributed by atoms with Crippen LogP contribution in [0.4, 0.5) is 18.9 Å². The number of rotatable bonds is 1. The smallest absolute Gasteiger partial charge is 0.369 e. The van der Waals surface area contributed by atoms with Gasteiger partial charge in [-0.2, -0.15) is 18.2 Å². The van der Waals surface area contributed by atoms with E-state index in [-0.39, 0.29) is 33.2 Å². The summed E-state index contributed by atoms with van der Waals surface area (Å²) >= 11 is 12.3. The van der Waals surface area contributed by atoms with E-state index in [1.54, 1.807) is 0 Å². The van der Waals surface area contributed by atoms with E-state index in [4.69, 9.17) is 34.7 Å². The Hall–Kier alpha value is -1.67. The molecule has 0 aromatic heterocycles. The van der Waals surface area contributed by atoms with E-state index in [9.17, 15) is 13.2 Å². The Morgan fingerprint density at radius 2 is 1.77 bits per heavy atom. The molecule has 1 saturated carbocycles. The second kappa shape index (κ2) is 6.49. The summed E-state index contributed by atoms with van der Waals surface area (Å²) in [5.74, 6) is -0.0349. The quantitative estimate of drug-likeness (QED) is 0.722. The first kappa shape index (κ1) is 19.1. The number of nitrogens with two attached hydrogens (primary N) is 2. The van der Waals surface area contributed by atoms with Crippen molar-refractivity contribution in [3.05, 3.63) is 27.2 Å². The van der Waals surface area contributed by atoms with Crippen LogP contribution in [0.15, 0.2) is 16.1 Å². The maximum atomic E-state index is 13.5. The van der Waals surface area contributed by atoms with Crippen LogP contribution >= 0.6 is 23.2 Å². The summed E-state index contributed by atoms with van der Waals surface area (Å²) in [5.41, 5.74) is 10.1. The van der Waals surface area contributed by atoms with Crippen LogP contribution in [-0.4, -0.2) is 17.6 Å². The number of anilines is 1. The van der Waals surface area contributed by atoms with E-state index in [0.29, 0.717) is 12.8 Å². The number of benzene rings is 1. The Morgan fingerprint density at radius 3 is 2.35 bits per heavy atom. The second-order valence-electron chi connectivity index (χ2n) is 6.51. The maximum Gasteiger partial charge on any atom is 0.416 e. The number of hydrogen-bond donors (Lipinski definition) is 2. The minimum Gasteiger partial charge on any atom is -0.369 e. The molecule has 1 heterocycles. The van der Waals surface area contributed by atoms with Crippen LogP contribution in [0.5, 0.6) is 0 Å². The molecule has 0 radical (unpaired) electrons. The van der Waals surface area contributed by atoms with Crippen LogP contribution in [-0.2, 0) is 6.18 Å². The first-order chi connectivity index (χ1) is 12.1. The molecule has 10 heteroatoms. The van der Waals surface area contributed by atoms with Gasteiger partial charge in [0, 0.05) is 0 Å². The molecule has 1 spiro atoms. The normalized spacial score (nSPS) is 20.2. The zero-order valence-corrected chi connectivity index (χ0v) is 15.5. The van der Waals surface area contributed by atoms with Gasteiger partial charge in [0.25, 0.3) is 0 Å². The Morgan fingerprint density at radius 1 is 1.15 bits per heavy atom. The molecule has 142 valence electrons. The lowest BCUT2D eigenvalue weighted by atomic mass is 9.86. The summed E-state index contributed by atoms with van der Waals surface area (Å²) in [6.45, 7) is 1.34. The highest BCUT2D eigenvalue weighted by molar-refractivity contribution is 6.44. The third-order valence-corrected chi connectivity index (χ3v) is 5.61. The van der Waals surface area contributed by atoms with Gasteiger partial charge in [-0.15, -0.1) is 0 Å². The van der Waals surface area contributed by atoms with Crippen molar-refractivity contribution >= 4 is 40.8 Å². The number of aliphatic imine (C=N–C) groups is 2. The van der Waals surface area contributed by atoms with E-state index in [2.05, 4.69) is 9.98 Å². The molecule has 0 saturated heterocycles. The number of guanidine groups is 2.